The number of ether oxygens (including phenoxy) is 3. The van der Waals surface area contributed by atoms with E-state index in [1.165, 1.54) is 27.8 Å². The largest absolute Gasteiger partial charge is 0.491 e. The lowest BCUT2D eigenvalue weighted by Gasteiger charge is -2.34. The quantitative estimate of drug-likeness (QED) is 0.130. The minimum atomic E-state index is -0.568. The Morgan fingerprint density at radius 2 is 1.21 bits per heavy atom. The van der Waals surface area contributed by atoms with Gasteiger partial charge in [0.05, 0.1) is 18.1 Å². The van der Waals surface area contributed by atoms with Crippen LogP contribution in [0.5, 0.6) is 11.5 Å². The molecule has 4 nitrogen and oxygen atoms in total. The average Bonchev–Trinajstić information content (AvgIpc) is 3.84. The van der Waals surface area contributed by atoms with Crippen molar-refractivity contribution in [1.82, 2.24) is 0 Å². The van der Waals surface area contributed by atoms with Crippen LogP contribution in [0.3, 0.4) is 0 Å². The predicted molar refractivity (Wildman–Crippen MR) is 168 cm³/mol. The van der Waals surface area contributed by atoms with Crippen LogP contribution in [0.15, 0.2) is 132 Å². The number of epoxide rings is 1. The molecule has 0 bridgehead atoms. The third-order valence-electron chi connectivity index (χ3n) is 7.99. The molecule has 2 atom stereocenters. The first-order chi connectivity index (χ1) is 20.7. The molecule has 1 saturated heterocycles. The van der Waals surface area contributed by atoms with Crippen molar-refractivity contribution >= 4 is 11.8 Å². The zero-order valence-corrected chi connectivity index (χ0v) is 24.0. The van der Waals surface area contributed by atoms with E-state index in [4.69, 9.17) is 14.2 Å². The van der Waals surface area contributed by atoms with Gasteiger partial charge in [-0.3, -0.25) is 0 Å². The summed E-state index contributed by atoms with van der Waals surface area (Å²) < 4.78 is 17.3. The van der Waals surface area contributed by atoms with Gasteiger partial charge in [0, 0.05) is 10.6 Å². The molecule has 210 valence electrons. The van der Waals surface area contributed by atoms with Crippen molar-refractivity contribution in [2.24, 2.45) is 0 Å². The highest BCUT2D eigenvalue weighted by Crippen LogP contribution is 2.56. The fourth-order valence-corrected chi connectivity index (χ4v) is 6.76. The highest BCUT2D eigenvalue weighted by Gasteiger charge is 2.45. The van der Waals surface area contributed by atoms with Gasteiger partial charge < -0.3 is 19.3 Å². The van der Waals surface area contributed by atoms with E-state index in [0.29, 0.717) is 12.4 Å². The molecule has 2 aliphatic rings. The minimum Gasteiger partial charge on any atom is -0.491 e. The SMILES string of the molecule is OC(COc1ccc(C2(c3ccc(OCC4CO4)cc3)c3ccccc3-c3ccccc32)cc1)CSc1ccccc1. The van der Waals surface area contributed by atoms with Crippen molar-refractivity contribution in [2.45, 2.75) is 22.5 Å². The lowest BCUT2D eigenvalue weighted by atomic mass is 9.68. The number of aliphatic hydroxyl groups is 1. The molecule has 1 heterocycles. The zero-order chi connectivity index (χ0) is 28.4. The monoisotopic (exact) mass is 572 g/mol. The molecule has 2 unspecified atom stereocenters. The maximum absolute atomic E-state index is 10.5. The number of hydrogen-bond donors (Lipinski definition) is 1. The second-order valence-electron chi connectivity index (χ2n) is 10.7. The Morgan fingerprint density at radius 3 is 1.79 bits per heavy atom. The molecule has 1 aliphatic carbocycles. The molecular formula is C37H32O4S. The summed E-state index contributed by atoms with van der Waals surface area (Å²) in [7, 11) is 0. The van der Waals surface area contributed by atoms with Crippen molar-refractivity contribution < 1.29 is 19.3 Å². The van der Waals surface area contributed by atoms with Crippen LogP contribution in [0.4, 0.5) is 0 Å². The van der Waals surface area contributed by atoms with Crippen molar-refractivity contribution in [3.05, 3.63) is 150 Å². The molecule has 0 aromatic heterocycles. The van der Waals surface area contributed by atoms with Gasteiger partial charge in [-0.25, -0.2) is 0 Å². The van der Waals surface area contributed by atoms with E-state index in [0.717, 1.165) is 28.6 Å². The van der Waals surface area contributed by atoms with E-state index in [2.05, 4.69) is 97.1 Å². The molecule has 1 fully saturated rings. The first kappa shape index (κ1) is 26.8. The first-order valence-electron chi connectivity index (χ1n) is 14.4. The number of fused-ring (bicyclic) bond motifs is 3. The molecule has 5 aromatic carbocycles. The normalized spacial score (nSPS) is 16.7. The third-order valence-corrected chi connectivity index (χ3v) is 9.15. The van der Waals surface area contributed by atoms with Crippen LogP contribution in [-0.2, 0) is 10.2 Å². The number of aliphatic hydroxyl groups excluding tert-OH is 1. The van der Waals surface area contributed by atoms with Gasteiger partial charge in [-0.05, 0) is 69.8 Å². The molecule has 0 spiro atoms. The summed E-state index contributed by atoms with van der Waals surface area (Å²) in [5, 5.41) is 10.5. The van der Waals surface area contributed by atoms with Gasteiger partial charge in [0.15, 0.2) is 0 Å². The van der Waals surface area contributed by atoms with Gasteiger partial charge in [-0.1, -0.05) is 91.0 Å². The van der Waals surface area contributed by atoms with Gasteiger partial charge in [0.1, 0.15) is 30.8 Å². The highest BCUT2D eigenvalue weighted by atomic mass is 32.2. The average molecular weight is 573 g/mol. The van der Waals surface area contributed by atoms with Crippen LogP contribution < -0.4 is 9.47 Å². The maximum Gasteiger partial charge on any atom is 0.119 e. The van der Waals surface area contributed by atoms with Crippen LogP contribution in [-0.4, -0.2) is 42.9 Å². The van der Waals surface area contributed by atoms with Gasteiger partial charge in [-0.2, -0.15) is 0 Å². The molecule has 0 amide bonds. The Morgan fingerprint density at radius 1 is 0.690 bits per heavy atom. The molecule has 1 N–H and O–H groups in total. The van der Waals surface area contributed by atoms with Crippen LogP contribution >= 0.6 is 11.8 Å². The van der Waals surface area contributed by atoms with Crippen LogP contribution in [0.1, 0.15) is 22.3 Å². The summed E-state index contributed by atoms with van der Waals surface area (Å²) in [6.07, 6.45) is -0.351. The summed E-state index contributed by atoms with van der Waals surface area (Å²) >= 11 is 1.63. The Hall–Kier alpha value is -4.03. The number of hydrogen-bond acceptors (Lipinski definition) is 5. The van der Waals surface area contributed by atoms with E-state index in [9.17, 15) is 5.11 Å². The lowest BCUT2D eigenvalue weighted by Crippen LogP contribution is -2.28. The Kier molecular flexibility index (Phi) is 7.47. The Labute approximate surface area is 250 Å². The summed E-state index contributed by atoms with van der Waals surface area (Å²) in [4.78, 5) is 1.14. The maximum atomic E-state index is 10.5. The number of benzene rings is 5. The number of thioether (sulfide) groups is 1. The third kappa shape index (κ3) is 5.20. The smallest absolute Gasteiger partial charge is 0.119 e. The van der Waals surface area contributed by atoms with Crippen molar-refractivity contribution in [3.63, 3.8) is 0 Å². The van der Waals surface area contributed by atoms with E-state index >= 15 is 0 Å². The molecule has 0 saturated carbocycles. The first-order valence-corrected chi connectivity index (χ1v) is 15.3. The second-order valence-corrected chi connectivity index (χ2v) is 11.8. The van der Waals surface area contributed by atoms with Crippen molar-refractivity contribution in [1.29, 1.82) is 0 Å². The van der Waals surface area contributed by atoms with Gasteiger partial charge in [-0.15, -0.1) is 11.8 Å². The molecular weight excluding hydrogens is 540 g/mol. The van der Waals surface area contributed by atoms with Gasteiger partial charge in [0.25, 0.3) is 0 Å². The molecule has 1 aliphatic heterocycles. The Bertz CT molecular complexity index is 1600. The summed E-state index contributed by atoms with van der Waals surface area (Å²) in [5.41, 5.74) is 6.86. The van der Waals surface area contributed by atoms with Gasteiger partial charge >= 0.3 is 0 Å². The van der Waals surface area contributed by atoms with Crippen LogP contribution in [0.25, 0.3) is 11.1 Å². The van der Waals surface area contributed by atoms with Crippen LogP contribution in [0.2, 0.25) is 0 Å². The summed E-state index contributed by atoms with van der Waals surface area (Å²) in [6, 6.07) is 44.4. The highest BCUT2D eigenvalue weighted by molar-refractivity contribution is 7.99. The standard InChI is InChI=1S/C37H32O4S/c38-28(25-42-32-8-2-1-3-9-32)22-39-29-18-14-26(15-19-29)37(27-16-20-30(21-17-27)40-23-31-24-41-31)35-12-6-4-10-33(35)34-11-5-7-13-36(34)37/h1-21,28,31,38H,22-25H2. The number of rotatable bonds is 11. The fourth-order valence-electron chi connectivity index (χ4n) is 5.93. The molecule has 5 heteroatoms. The van der Waals surface area contributed by atoms with E-state index in [-0.39, 0.29) is 12.7 Å². The predicted octanol–water partition coefficient (Wildman–Crippen LogP) is 7.36. The fraction of sp³-hybridized carbons (Fsp3) is 0.189. The molecule has 42 heavy (non-hydrogen) atoms. The molecule has 7 rings (SSSR count). The van der Waals surface area contributed by atoms with E-state index in [1.807, 2.05) is 30.3 Å². The zero-order valence-electron chi connectivity index (χ0n) is 23.2. The van der Waals surface area contributed by atoms with Crippen molar-refractivity contribution in [2.75, 3.05) is 25.6 Å². The summed E-state index contributed by atoms with van der Waals surface area (Å²) in [5.74, 6) is 2.16. The van der Waals surface area contributed by atoms with Gasteiger partial charge in [0.2, 0.25) is 0 Å². The topological polar surface area (TPSA) is 51.2 Å². The van der Waals surface area contributed by atoms with Crippen molar-refractivity contribution in [3.8, 4) is 22.6 Å². The molecule has 5 aromatic rings. The second kappa shape index (κ2) is 11.7. The summed E-state index contributed by atoms with van der Waals surface area (Å²) in [6.45, 7) is 1.60. The van der Waals surface area contributed by atoms with E-state index < -0.39 is 11.5 Å². The minimum absolute atomic E-state index is 0.217. The molecule has 0 radical (unpaired) electrons. The van der Waals surface area contributed by atoms with E-state index in [1.54, 1.807) is 11.8 Å². The lowest BCUT2D eigenvalue weighted by molar-refractivity contribution is 0.126. The Balaban J connectivity index is 1.18. The van der Waals surface area contributed by atoms with Crippen LogP contribution in [0, 0.1) is 0 Å².